The Hall–Kier alpha value is -2.57. The number of amides is 2. The Labute approximate surface area is 251 Å². The number of carbonyl (C=O) groups excluding carboxylic acids is 2. The monoisotopic (exact) mass is 597 g/mol. The molecule has 2 fully saturated rings. The zero-order valence-corrected chi connectivity index (χ0v) is 25.1. The van der Waals surface area contributed by atoms with Crippen molar-refractivity contribution in [3.8, 4) is 0 Å². The summed E-state index contributed by atoms with van der Waals surface area (Å²) in [5, 5.41) is 4.82. The van der Waals surface area contributed by atoms with E-state index in [0.29, 0.717) is 21.6 Å². The molecule has 1 heterocycles. The Bertz CT molecular complexity index is 1390. The first-order valence-electron chi connectivity index (χ1n) is 13.7. The molecule has 2 unspecified atom stereocenters. The molecule has 40 heavy (non-hydrogen) atoms. The Morgan fingerprint density at radius 3 is 2.23 bits per heavy atom. The van der Waals surface area contributed by atoms with Crippen LogP contribution in [-0.4, -0.2) is 48.3 Å². The first-order valence-corrected chi connectivity index (χ1v) is 14.8. The molecule has 2 aliphatic rings. The van der Waals surface area contributed by atoms with E-state index in [0.717, 1.165) is 55.6 Å². The van der Waals surface area contributed by atoms with Gasteiger partial charge in [0.05, 0.1) is 21.0 Å². The largest absolute Gasteiger partial charge is 0.347 e. The minimum absolute atomic E-state index is 0.0229. The second-order valence-corrected chi connectivity index (χ2v) is 12.4. The van der Waals surface area contributed by atoms with E-state index in [4.69, 9.17) is 34.8 Å². The van der Waals surface area contributed by atoms with Gasteiger partial charge < -0.3 is 15.1 Å². The van der Waals surface area contributed by atoms with E-state index in [1.807, 2.05) is 61.6 Å². The van der Waals surface area contributed by atoms with Crippen LogP contribution >= 0.6 is 34.8 Å². The lowest BCUT2D eigenvalue weighted by molar-refractivity contribution is -0.133. The van der Waals surface area contributed by atoms with Crippen LogP contribution in [-0.2, 0) is 27.1 Å². The number of hydrogen-bond donors (Lipinski definition) is 1. The average Bonchev–Trinajstić information content (AvgIpc) is 3.67. The number of nitrogens with one attached hydrogen (secondary N) is 1. The molecule has 210 valence electrons. The van der Waals surface area contributed by atoms with Gasteiger partial charge in [-0.3, -0.25) is 9.59 Å². The second kappa shape index (κ2) is 11.7. The summed E-state index contributed by atoms with van der Waals surface area (Å²) in [5.74, 6) is 0.172. The number of benzene rings is 3. The number of nitrogens with zero attached hydrogens (tertiary/aromatic N) is 2. The van der Waals surface area contributed by atoms with Gasteiger partial charge in [-0.15, -0.1) is 0 Å². The van der Waals surface area contributed by atoms with E-state index in [9.17, 15) is 9.59 Å². The number of likely N-dealkylation sites (N-methyl/N-ethyl adjacent to an activating group) is 1. The molecule has 5 nitrogen and oxygen atoms in total. The van der Waals surface area contributed by atoms with Gasteiger partial charge in [0.15, 0.2) is 0 Å². The van der Waals surface area contributed by atoms with Crippen molar-refractivity contribution in [3.05, 3.63) is 105 Å². The molecular weight excluding hydrogens is 565 g/mol. The number of hydrogen-bond acceptors (Lipinski definition) is 3. The van der Waals surface area contributed by atoms with Gasteiger partial charge >= 0.3 is 0 Å². The molecular formula is C32H34Cl3N3O2. The van der Waals surface area contributed by atoms with E-state index in [-0.39, 0.29) is 23.3 Å². The van der Waals surface area contributed by atoms with Gasteiger partial charge in [-0.25, -0.2) is 0 Å². The summed E-state index contributed by atoms with van der Waals surface area (Å²) >= 11 is 19.1. The topological polar surface area (TPSA) is 52.7 Å². The maximum Gasteiger partial charge on any atom is 0.233 e. The van der Waals surface area contributed by atoms with E-state index in [1.54, 1.807) is 17.9 Å². The fourth-order valence-electron chi connectivity index (χ4n) is 6.37. The van der Waals surface area contributed by atoms with Crippen molar-refractivity contribution in [1.82, 2.24) is 15.1 Å². The molecule has 1 aliphatic heterocycles. The molecule has 2 amide bonds. The molecule has 0 radical (unpaired) electrons. The first-order chi connectivity index (χ1) is 19.1. The molecule has 3 aromatic rings. The van der Waals surface area contributed by atoms with Gasteiger partial charge in [0.2, 0.25) is 11.8 Å². The quantitative estimate of drug-likeness (QED) is 0.314. The molecule has 1 saturated carbocycles. The normalized spacial score (nSPS) is 22.0. The van der Waals surface area contributed by atoms with Crippen LogP contribution in [0.1, 0.15) is 42.9 Å². The summed E-state index contributed by atoms with van der Waals surface area (Å²) in [4.78, 5) is 30.5. The Morgan fingerprint density at radius 1 is 0.900 bits per heavy atom. The van der Waals surface area contributed by atoms with E-state index >= 15 is 0 Å². The van der Waals surface area contributed by atoms with Gasteiger partial charge in [-0.2, -0.15) is 0 Å². The number of halogens is 3. The Kier molecular flexibility index (Phi) is 8.49. The third-order valence-corrected chi connectivity index (χ3v) is 9.67. The van der Waals surface area contributed by atoms with E-state index in [1.165, 1.54) is 0 Å². The molecule has 8 heteroatoms. The Morgan fingerprint density at radius 2 is 1.57 bits per heavy atom. The first kappa shape index (κ1) is 28.9. The smallest absolute Gasteiger partial charge is 0.233 e. The van der Waals surface area contributed by atoms with Crippen LogP contribution in [0.4, 0.5) is 0 Å². The Balaban J connectivity index is 1.35. The highest BCUT2D eigenvalue weighted by molar-refractivity contribution is 6.42. The fraction of sp³-hybridized carbons (Fsp3) is 0.375. The third-order valence-electron chi connectivity index (χ3n) is 8.56. The number of piperidine rings is 1. The summed E-state index contributed by atoms with van der Waals surface area (Å²) in [6, 6.07) is 23.4. The lowest BCUT2D eigenvalue weighted by Crippen LogP contribution is -2.53. The second-order valence-electron chi connectivity index (χ2n) is 11.2. The zero-order valence-electron chi connectivity index (χ0n) is 22.8. The van der Waals surface area contributed by atoms with Crippen LogP contribution in [0.5, 0.6) is 0 Å². The average molecular weight is 599 g/mol. The van der Waals surface area contributed by atoms with Crippen LogP contribution < -0.4 is 5.32 Å². The predicted octanol–water partition coefficient (Wildman–Crippen LogP) is 6.69. The molecule has 2 atom stereocenters. The van der Waals surface area contributed by atoms with Crippen LogP contribution in [0.25, 0.3) is 0 Å². The van der Waals surface area contributed by atoms with E-state index < -0.39 is 5.41 Å². The standard InChI is InChI=1S/C32H34Cl3N3O2/c1-22(39)36-31(24-9-4-3-5-10-24)14-16-38(17-15-31)21-26-19-32(26,25-12-13-28(34)29(35)18-25)30(40)37(2)20-23-8-6-7-11-27(23)33/h3-13,18,26H,14-17,19-21H2,1-2H3,(H,36,39). The number of likely N-dealkylation sites (tertiary alicyclic amines) is 1. The van der Waals surface area contributed by atoms with Crippen molar-refractivity contribution in [2.75, 3.05) is 26.7 Å². The molecule has 0 spiro atoms. The minimum Gasteiger partial charge on any atom is -0.347 e. The van der Waals surface area contributed by atoms with Crippen molar-refractivity contribution in [1.29, 1.82) is 0 Å². The van der Waals surface area contributed by atoms with Gasteiger partial charge in [0.25, 0.3) is 0 Å². The summed E-state index contributed by atoms with van der Waals surface area (Å²) in [7, 11) is 1.84. The fourth-order valence-corrected chi connectivity index (χ4v) is 6.86. The molecule has 1 saturated heterocycles. The maximum atomic E-state index is 14.1. The number of rotatable bonds is 8. The highest BCUT2D eigenvalue weighted by atomic mass is 35.5. The molecule has 1 aliphatic carbocycles. The van der Waals surface area contributed by atoms with Crippen LogP contribution in [0, 0.1) is 5.92 Å². The van der Waals surface area contributed by atoms with Crippen LogP contribution in [0.15, 0.2) is 72.8 Å². The summed E-state index contributed by atoms with van der Waals surface area (Å²) in [5.41, 5.74) is 1.90. The lowest BCUT2D eigenvalue weighted by Gasteiger charge is -2.43. The zero-order chi connectivity index (χ0) is 28.5. The maximum absolute atomic E-state index is 14.1. The molecule has 0 aromatic heterocycles. The molecule has 3 aromatic carbocycles. The van der Waals surface area contributed by atoms with Gasteiger partial charge in [-0.1, -0.05) is 89.4 Å². The third kappa shape index (κ3) is 5.75. The van der Waals surface area contributed by atoms with Crippen LogP contribution in [0.2, 0.25) is 15.1 Å². The van der Waals surface area contributed by atoms with Gasteiger partial charge in [0, 0.05) is 45.2 Å². The van der Waals surface area contributed by atoms with Gasteiger partial charge in [0.1, 0.15) is 0 Å². The summed E-state index contributed by atoms with van der Waals surface area (Å²) in [6.45, 7) is 4.45. The van der Waals surface area contributed by atoms with Crippen molar-refractivity contribution in [3.63, 3.8) is 0 Å². The predicted molar refractivity (Wildman–Crippen MR) is 162 cm³/mol. The highest BCUT2D eigenvalue weighted by Crippen LogP contribution is 2.57. The lowest BCUT2D eigenvalue weighted by atomic mass is 9.80. The molecule has 5 rings (SSSR count). The van der Waals surface area contributed by atoms with E-state index in [2.05, 4.69) is 22.3 Å². The number of carbonyl (C=O) groups is 2. The van der Waals surface area contributed by atoms with Gasteiger partial charge in [-0.05, 0) is 60.1 Å². The summed E-state index contributed by atoms with van der Waals surface area (Å²) in [6.07, 6.45) is 2.36. The van der Waals surface area contributed by atoms with Crippen molar-refractivity contribution >= 4 is 46.6 Å². The van der Waals surface area contributed by atoms with Crippen molar-refractivity contribution in [2.24, 2.45) is 5.92 Å². The SMILES string of the molecule is CC(=O)NC1(c2ccccc2)CCN(CC2CC2(C(=O)N(C)Cc2ccccc2Cl)c2ccc(Cl)c(Cl)c2)CC1. The summed E-state index contributed by atoms with van der Waals surface area (Å²) < 4.78 is 0. The van der Waals surface area contributed by atoms with Crippen LogP contribution in [0.3, 0.4) is 0 Å². The van der Waals surface area contributed by atoms with Crippen molar-refractivity contribution < 1.29 is 9.59 Å². The minimum atomic E-state index is -0.671. The van der Waals surface area contributed by atoms with Crippen molar-refractivity contribution in [2.45, 2.75) is 43.7 Å². The highest BCUT2D eigenvalue weighted by Gasteiger charge is 2.62. The molecule has 0 bridgehead atoms. The molecule has 1 N–H and O–H groups in total.